The first-order valence-corrected chi connectivity index (χ1v) is 6.57. The average Bonchev–Trinajstić information content (AvgIpc) is 2.73. The molecule has 1 aromatic carbocycles. The number of benzene rings is 1. The molecule has 1 aromatic heterocycles. The van der Waals surface area contributed by atoms with Crippen molar-refractivity contribution in [3.63, 3.8) is 0 Å². The first-order chi connectivity index (χ1) is 9.06. The number of halogens is 1. The number of carbonyl (C=O) groups is 1. The monoisotopic (exact) mass is 327 g/mol. The van der Waals surface area contributed by atoms with Crippen molar-refractivity contribution in [3.8, 4) is 0 Å². The summed E-state index contributed by atoms with van der Waals surface area (Å²) in [6.07, 6.45) is 0. The zero-order valence-corrected chi connectivity index (χ0v) is 11.9. The Balaban J connectivity index is 2.35. The number of furan rings is 1. The lowest BCUT2D eigenvalue weighted by Gasteiger charge is -2.12. The van der Waals surface area contributed by atoms with Gasteiger partial charge in [-0.3, -0.25) is 4.79 Å². The second-order valence-electron chi connectivity index (χ2n) is 4.23. The summed E-state index contributed by atoms with van der Waals surface area (Å²) in [4.78, 5) is 12.0. The van der Waals surface area contributed by atoms with E-state index < -0.39 is 11.9 Å². The van der Waals surface area contributed by atoms with Crippen molar-refractivity contribution in [2.75, 3.05) is 13.2 Å². The molecule has 19 heavy (non-hydrogen) atoms. The lowest BCUT2D eigenvalue weighted by Crippen LogP contribution is -2.40. The summed E-state index contributed by atoms with van der Waals surface area (Å²) in [5.41, 5.74) is 1.35. The summed E-state index contributed by atoms with van der Waals surface area (Å²) in [5, 5.41) is 21.3. The third-order valence-corrected chi connectivity index (χ3v) is 3.37. The molecule has 0 unspecified atom stereocenters. The number of aryl methyl sites for hydroxylation is 1. The minimum atomic E-state index is -0.688. The normalized spacial score (nSPS) is 11.2. The number of fused-ring (bicyclic) bond motifs is 1. The van der Waals surface area contributed by atoms with Crippen LogP contribution in [0.25, 0.3) is 11.0 Å². The van der Waals surface area contributed by atoms with E-state index in [1.54, 1.807) is 13.0 Å². The fourth-order valence-electron chi connectivity index (χ4n) is 1.81. The molecule has 6 heteroatoms. The number of aliphatic hydroxyl groups excluding tert-OH is 2. The van der Waals surface area contributed by atoms with Crippen LogP contribution in [-0.4, -0.2) is 35.4 Å². The van der Waals surface area contributed by atoms with E-state index in [4.69, 9.17) is 14.6 Å². The molecular formula is C13H14BrNO4. The Morgan fingerprint density at radius 1 is 1.42 bits per heavy atom. The molecular weight excluding hydrogens is 314 g/mol. The van der Waals surface area contributed by atoms with Crippen molar-refractivity contribution >= 4 is 32.8 Å². The number of aliphatic hydroxyl groups is 2. The predicted octanol–water partition coefficient (Wildman–Crippen LogP) is 1.59. The molecule has 0 radical (unpaired) electrons. The minimum absolute atomic E-state index is 0.194. The molecule has 0 atom stereocenters. The van der Waals surface area contributed by atoms with Crippen LogP contribution in [0.4, 0.5) is 0 Å². The van der Waals surface area contributed by atoms with Crippen molar-refractivity contribution in [3.05, 3.63) is 34.0 Å². The largest absolute Gasteiger partial charge is 0.451 e. The fraction of sp³-hybridized carbons (Fsp3) is 0.308. The Kier molecular flexibility index (Phi) is 4.24. The van der Waals surface area contributed by atoms with Crippen LogP contribution in [0.5, 0.6) is 0 Å². The predicted molar refractivity (Wildman–Crippen MR) is 74.1 cm³/mol. The van der Waals surface area contributed by atoms with Gasteiger partial charge in [0.25, 0.3) is 5.91 Å². The smallest absolute Gasteiger partial charge is 0.287 e. The van der Waals surface area contributed by atoms with Gasteiger partial charge in [-0.1, -0.05) is 15.9 Å². The van der Waals surface area contributed by atoms with Crippen LogP contribution in [0, 0.1) is 6.92 Å². The van der Waals surface area contributed by atoms with Gasteiger partial charge in [0.05, 0.1) is 19.3 Å². The van der Waals surface area contributed by atoms with Gasteiger partial charge in [0, 0.05) is 15.4 Å². The van der Waals surface area contributed by atoms with Crippen LogP contribution in [-0.2, 0) is 0 Å². The molecule has 0 fully saturated rings. The van der Waals surface area contributed by atoms with Gasteiger partial charge >= 0.3 is 0 Å². The molecule has 0 aliphatic rings. The van der Waals surface area contributed by atoms with E-state index in [0.29, 0.717) is 5.58 Å². The maximum absolute atomic E-state index is 12.0. The van der Waals surface area contributed by atoms with Gasteiger partial charge in [-0.15, -0.1) is 0 Å². The van der Waals surface area contributed by atoms with Crippen LogP contribution in [0.3, 0.4) is 0 Å². The van der Waals surface area contributed by atoms with Crippen molar-refractivity contribution < 1.29 is 19.4 Å². The molecule has 2 rings (SSSR count). The maximum atomic E-state index is 12.0. The van der Waals surface area contributed by atoms with Gasteiger partial charge in [0.15, 0.2) is 5.76 Å². The standard InChI is InChI=1S/C13H14BrNO4/c1-7-10-4-8(14)2-3-11(10)19-12(7)13(18)15-9(5-16)6-17/h2-4,9,16-17H,5-6H2,1H3,(H,15,18). The van der Waals surface area contributed by atoms with E-state index in [9.17, 15) is 4.79 Å². The molecule has 3 N–H and O–H groups in total. The number of hydrogen-bond acceptors (Lipinski definition) is 4. The Morgan fingerprint density at radius 2 is 2.11 bits per heavy atom. The number of hydrogen-bond donors (Lipinski definition) is 3. The van der Waals surface area contributed by atoms with E-state index in [0.717, 1.165) is 15.4 Å². The zero-order chi connectivity index (χ0) is 14.0. The van der Waals surface area contributed by atoms with Gasteiger partial charge < -0.3 is 19.9 Å². The van der Waals surface area contributed by atoms with Crippen LogP contribution >= 0.6 is 15.9 Å². The zero-order valence-electron chi connectivity index (χ0n) is 10.3. The SMILES string of the molecule is Cc1c(C(=O)NC(CO)CO)oc2ccc(Br)cc12. The second kappa shape index (κ2) is 5.73. The van der Waals surface area contributed by atoms with E-state index >= 15 is 0 Å². The van der Waals surface area contributed by atoms with Crippen molar-refractivity contribution in [2.24, 2.45) is 0 Å². The summed E-state index contributed by atoms with van der Waals surface area (Å²) < 4.78 is 6.41. The van der Waals surface area contributed by atoms with Crippen molar-refractivity contribution in [2.45, 2.75) is 13.0 Å². The lowest BCUT2D eigenvalue weighted by molar-refractivity contribution is 0.0853. The molecule has 102 valence electrons. The number of amides is 1. The molecule has 1 heterocycles. The Morgan fingerprint density at radius 3 is 2.74 bits per heavy atom. The number of rotatable bonds is 4. The molecule has 2 aromatic rings. The Labute approximate surface area is 118 Å². The third kappa shape index (κ3) is 2.80. The summed E-state index contributed by atoms with van der Waals surface area (Å²) >= 11 is 3.37. The average molecular weight is 328 g/mol. The topological polar surface area (TPSA) is 82.7 Å². The number of nitrogens with one attached hydrogen (secondary N) is 1. The second-order valence-corrected chi connectivity index (χ2v) is 5.15. The summed E-state index contributed by atoms with van der Waals surface area (Å²) in [6, 6.07) is 4.79. The first-order valence-electron chi connectivity index (χ1n) is 5.78. The highest BCUT2D eigenvalue weighted by atomic mass is 79.9. The Bertz CT molecular complexity index is 604. The quantitative estimate of drug-likeness (QED) is 0.796. The van der Waals surface area contributed by atoms with E-state index in [-0.39, 0.29) is 19.0 Å². The molecule has 1 amide bonds. The van der Waals surface area contributed by atoms with Gasteiger partial charge in [-0.2, -0.15) is 0 Å². The van der Waals surface area contributed by atoms with E-state index in [2.05, 4.69) is 21.2 Å². The fourth-order valence-corrected chi connectivity index (χ4v) is 2.17. The van der Waals surface area contributed by atoms with Gasteiger partial charge in [-0.05, 0) is 25.1 Å². The van der Waals surface area contributed by atoms with Crippen LogP contribution in [0.2, 0.25) is 0 Å². The molecule has 0 bridgehead atoms. The van der Waals surface area contributed by atoms with Crippen LogP contribution in [0.15, 0.2) is 27.1 Å². The Hall–Kier alpha value is -1.37. The lowest BCUT2D eigenvalue weighted by atomic mass is 10.1. The molecule has 0 aliphatic heterocycles. The van der Waals surface area contributed by atoms with Crippen molar-refractivity contribution in [1.29, 1.82) is 0 Å². The van der Waals surface area contributed by atoms with Gasteiger partial charge in [-0.25, -0.2) is 0 Å². The molecule has 0 spiro atoms. The maximum Gasteiger partial charge on any atom is 0.287 e. The minimum Gasteiger partial charge on any atom is -0.451 e. The summed E-state index contributed by atoms with van der Waals surface area (Å²) in [5.74, 6) is -0.252. The van der Waals surface area contributed by atoms with Crippen LogP contribution in [0.1, 0.15) is 16.1 Å². The van der Waals surface area contributed by atoms with E-state index in [1.165, 1.54) is 0 Å². The first kappa shape index (κ1) is 14.0. The third-order valence-electron chi connectivity index (χ3n) is 2.88. The molecule has 0 aliphatic carbocycles. The van der Waals surface area contributed by atoms with Gasteiger partial charge in [0.2, 0.25) is 0 Å². The summed E-state index contributed by atoms with van der Waals surface area (Å²) in [6.45, 7) is 1.14. The van der Waals surface area contributed by atoms with Crippen molar-refractivity contribution in [1.82, 2.24) is 5.32 Å². The molecule has 0 saturated heterocycles. The van der Waals surface area contributed by atoms with E-state index in [1.807, 2.05) is 12.1 Å². The molecule has 5 nitrogen and oxygen atoms in total. The summed E-state index contributed by atoms with van der Waals surface area (Å²) in [7, 11) is 0. The highest BCUT2D eigenvalue weighted by Gasteiger charge is 2.20. The number of carbonyl (C=O) groups excluding carboxylic acids is 1. The highest BCUT2D eigenvalue weighted by Crippen LogP contribution is 2.27. The van der Waals surface area contributed by atoms with Gasteiger partial charge in [0.1, 0.15) is 5.58 Å². The molecule has 0 saturated carbocycles. The highest BCUT2D eigenvalue weighted by molar-refractivity contribution is 9.10. The van der Waals surface area contributed by atoms with Crippen LogP contribution < -0.4 is 5.32 Å².